The van der Waals surface area contributed by atoms with Crippen molar-refractivity contribution in [3.63, 3.8) is 0 Å². The summed E-state index contributed by atoms with van der Waals surface area (Å²) in [4.78, 5) is 11.3. The van der Waals surface area contributed by atoms with Gasteiger partial charge in [-0.05, 0) is 30.2 Å². The third-order valence-corrected chi connectivity index (χ3v) is 3.72. The van der Waals surface area contributed by atoms with Crippen LogP contribution < -0.4 is 0 Å². The lowest BCUT2D eigenvalue weighted by Gasteiger charge is -2.31. The number of benzene rings is 1. The molecule has 6 heteroatoms. The topological polar surface area (TPSA) is 17.1 Å². The number of Topliss-reactive ketones (excluding diaryl/α,β-unsaturated/α-hetero) is 1. The summed E-state index contributed by atoms with van der Waals surface area (Å²) in [6.45, 7) is 0. The second kappa shape index (κ2) is 4.42. The van der Waals surface area contributed by atoms with Gasteiger partial charge in [-0.1, -0.05) is 23.2 Å². The SMILES string of the molecule is O=C1CCC(c2cc(Cl)cc(Cl)c2)(C(F)(F)F)C1. The van der Waals surface area contributed by atoms with E-state index in [4.69, 9.17) is 23.2 Å². The molecule has 0 spiro atoms. The standard InChI is InChI=1S/C12H9Cl2F3O/c13-8-3-7(4-9(14)5-8)11(12(15,16)17)2-1-10(18)6-11/h3-5H,1-2,6H2. The summed E-state index contributed by atoms with van der Waals surface area (Å²) < 4.78 is 39.9. The highest BCUT2D eigenvalue weighted by molar-refractivity contribution is 6.34. The van der Waals surface area contributed by atoms with Crippen molar-refractivity contribution in [1.82, 2.24) is 0 Å². The molecule has 98 valence electrons. The van der Waals surface area contributed by atoms with Gasteiger partial charge in [-0.15, -0.1) is 0 Å². The van der Waals surface area contributed by atoms with Crippen LogP contribution in [0, 0.1) is 0 Å². The predicted octanol–water partition coefficient (Wildman–Crippen LogP) is 4.55. The molecule has 0 aliphatic heterocycles. The first-order valence-electron chi connectivity index (χ1n) is 5.30. The van der Waals surface area contributed by atoms with Gasteiger partial charge < -0.3 is 0 Å². The Morgan fingerprint density at radius 1 is 1.11 bits per heavy atom. The first-order valence-corrected chi connectivity index (χ1v) is 6.05. The summed E-state index contributed by atoms with van der Waals surface area (Å²) in [5.74, 6) is -0.386. The summed E-state index contributed by atoms with van der Waals surface area (Å²) in [5, 5.41) is 0.279. The van der Waals surface area contributed by atoms with E-state index in [9.17, 15) is 18.0 Å². The maximum atomic E-state index is 13.3. The summed E-state index contributed by atoms with van der Waals surface area (Å²) in [6.07, 6.45) is -5.34. The van der Waals surface area contributed by atoms with Gasteiger partial charge in [0.2, 0.25) is 0 Å². The molecule has 1 unspecified atom stereocenters. The Kier molecular flexibility index (Phi) is 3.36. The molecule has 1 aliphatic rings. The third-order valence-electron chi connectivity index (χ3n) is 3.29. The van der Waals surface area contributed by atoms with E-state index in [1.165, 1.54) is 18.2 Å². The van der Waals surface area contributed by atoms with E-state index in [1.54, 1.807) is 0 Å². The van der Waals surface area contributed by atoms with Crippen LogP contribution in [0.2, 0.25) is 10.0 Å². The normalized spacial score (nSPS) is 24.6. The molecule has 1 nitrogen and oxygen atoms in total. The molecule has 0 aromatic heterocycles. The van der Waals surface area contributed by atoms with E-state index in [-0.39, 0.29) is 34.2 Å². The van der Waals surface area contributed by atoms with Gasteiger partial charge in [0, 0.05) is 22.9 Å². The van der Waals surface area contributed by atoms with Crippen molar-refractivity contribution < 1.29 is 18.0 Å². The zero-order chi connectivity index (χ0) is 13.6. The van der Waals surface area contributed by atoms with Gasteiger partial charge >= 0.3 is 6.18 Å². The molecule has 2 rings (SSSR count). The highest BCUT2D eigenvalue weighted by Crippen LogP contribution is 2.51. The quantitative estimate of drug-likeness (QED) is 0.743. The maximum absolute atomic E-state index is 13.3. The Morgan fingerprint density at radius 2 is 1.67 bits per heavy atom. The van der Waals surface area contributed by atoms with Gasteiger partial charge in [0.05, 0.1) is 5.41 Å². The fraction of sp³-hybridized carbons (Fsp3) is 0.417. The third kappa shape index (κ3) is 2.24. The van der Waals surface area contributed by atoms with Crippen molar-refractivity contribution in [2.45, 2.75) is 30.9 Å². The Bertz CT molecular complexity index is 478. The van der Waals surface area contributed by atoms with Crippen molar-refractivity contribution in [3.05, 3.63) is 33.8 Å². The second-order valence-electron chi connectivity index (χ2n) is 4.45. The summed E-state index contributed by atoms with van der Waals surface area (Å²) in [6, 6.07) is 3.84. The number of alkyl halides is 3. The van der Waals surface area contributed by atoms with Crippen molar-refractivity contribution >= 4 is 29.0 Å². The molecule has 0 saturated heterocycles. The zero-order valence-electron chi connectivity index (χ0n) is 9.15. The first-order chi connectivity index (χ1) is 8.24. The lowest BCUT2D eigenvalue weighted by atomic mass is 9.78. The number of carbonyl (C=O) groups excluding carboxylic acids is 1. The molecule has 0 heterocycles. The molecule has 1 saturated carbocycles. The lowest BCUT2D eigenvalue weighted by Crippen LogP contribution is -2.40. The van der Waals surface area contributed by atoms with Crippen LogP contribution in [0.1, 0.15) is 24.8 Å². The number of hydrogen-bond acceptors (Lipinski definition) is 1. The van der Waals surface area contributed by atoms with Crippen LogP contribution in [0.25, 0.3) is 0 Å². The number of carbonyl (C=O) groups is 1. The van der Waals surface area contributed by atoms with Crippen LogP contribution in [-0.2, 0) is 10.2 Å². The van der Waals surface area contributed by atoms with Crippen molar-refractivity contribution in [3.8, 4) is 0 Å². The summed E-state index contributed by atoms with van der Waals surface area (Å²) >= 11 is 11.5. The molecule has 1 aromatic rings. The van der Waals surface area contributed by atoms with Crippen LogP contribution in [0.5, 0.6) is 0 Å². The number of hydrogen-bond donors (Lipinski definition) is 0. The number of ketones is 1. The van der Waals surface area contributed by atoms with E-state index in [2.05, 4.69) is 0 Å². The molecule has 1 atom stereocenters. The van der Waals surface area contributed by atoms with Gasteiger partial charge in [0.15, 0.2) is 0 Å². The van der Waals surface area contributed by atoms with Crippen molar-refractivity contribution in [1.29, 1.82) is 0 Å². The minimum atomic E-state index is -4.49. The molecule has 0 radical (unpaired) electrons. The molecular weight excluding hydrogens is 288 g/mol. The Hall–Kier alpha value is -0.740. The zero-order valence-corrected chi connectivity index (χ0v) is 10.7. The van der Waals surface area contributed by atoms with E-state index in [0.29, 0.717) is 0 Å². The molecule has 0 amide bonds. The molecule has 0 bridgehead atoms. The van der Waals surface area contributed by atoms with E-state index < -0.39 is 18.0 Å². The smallest absolute Gasteiger partial charge is 0.300 e. The van der Waals surface area contributed by atoms with Crippen LogP contribution in [0.4, 0.5) is 13.2 Å². The largest absolute Gasteiger partial charge is 0.398 e. The highest BCUT2D eigenvalue weighted by Gasteiger charge is 2.59. The molecule has 1 aliphatic carbocycles. The number of rotatable bonds is 1. The average molecular weight is 297 g/mol. The minimum Gasteiger partial charge on any atom is -0.300 e. The van der Waals surface area contributed by atoms with Crippen LogP contribution in [0.3, 0.4) is 0 Å². The number of halogens is 5. The Balaban J connectivity index is 2.57. The van der Waals surface area contributed by atoms with Gasteiger partial charge in [0.1, 0.15) is 5.78 Å². The van der Waals surface area contributed by atoms with E-state index in [1.807, 2.05) is 0 Å². The maximum Gasteiger partial charge on any atom is 0.398 e. The van der Waals surface area contributed by atoms with Crippen LogP contribution in [0.15, 0.2) is 18.2 Å². The molecule has 0 N–H and O–H groups in total. The molecule has 1 fully saturated rings. The molecular formula is C12H9Cl2F3O. The fourth-order valence-corrected chi connectivity index (χ4v) is 2.87. The second-order valence-corrected chi connectivity index (χ2v) is 5.33. The van der Waals surface area contributed by atoms with Gasteiger partial charge in [0.25, 0.3) is 0 Å². The first kappa shape index (κ1) is 13.7. The van der Waals surface area contributed by atoms with E-state index in [0.717, 1.165) is 0 Å². The lowest BCUT2D eigenvalue weighted by molar-refractivity contribution is -0.189. The van der Waals surface area contributed by atoms with Gasteiger partial charge in [-0.2, -0.15) is 13.2 Å². The molecule has 18 heavy (non-hydrogen) atoms. The van der Waals surface area contributed by atoms with Crippen molar-refractivity contribution in [2.75, 3.05) is 0 Å². The van der Waals surface area contributed by atoms with Crippen LogP contribution in [-0.4, -0.2) is 12.0 Å². The average Bonchev–Trinajstić information content (AvgIpc) is 2.59. The molecule has 1 aromatic carbocycles. The predicted molar refractivity (Wildman–Crippen MR) is 63.1 cm³/mol. The summed E-state index contributed by atoms with van der Waals surface area (Å²) in [5.41, 5.74) is -2.17. The minimum absolute atomic E-state index is 0.0293. The van der Waals surface area contributed by atoms with Crippen molar-refractivity contribution in [2.24, 2.45) is 0 Å². The Morgan fingerprint density at radius 3 is 2.06 bits per heavy atom. The fourth-order valence-electron chi connectivity index (χ4n) is 2.35. The van der Waals surface area contributed by atoms with Crippen LogP contribution >= 0.6 is 23.2 Å². The Labute approximate surface area is 112 Å². The van der Waals surface area contributed by atoms with E-state index >= 15 is 0 Å². The van der Waals surface area contributed by atoms with Gasteiger partial charge in [-0.25, -0.2) is 0 Å². The summed E-state index contributed by atoms with van der Waals surface area (Å²) in [7, 11) is 0. The monoisotopic (exact) mass is 296 g/mol. The highest BCUT2D eigenvalue weighted by atomic mass is 35.5. The van der Waals surface area contributed by atoms with Gasteiger partial charge in [-0.3, -0.25) is 4.79 Å².